The molecule has 0 aromatic carbocycles. The van der Waals surface area contributed by atoms with Crippen LogP contribution in [-0.2, 0) is 0 Å². The van der Waals surface area contributed by atoms with Crippen molar-refractivity contribution in [2.45, 2.75) is 0 Å². The van der Waals surface area contributed by atoms with Crippen LogP contribution in [0.4, 0.5) is 0 Å². The maximum Gasteiger partial charge on any atom is 0.223 e. The lowest BCUT2D eigenvalue weighted by molar-refractivity contribution is 0.459. The molecule has 52 valence electrons. The number of rotatable bonds is 1. The first-order chi connectivity index (χ1) is 4.34. The first-order valence-corrected chi connectivity index (χ1v) is 2.84. The molecule has 1 aliphatic heterocycles. The summed E-state index contributed by atoms with van der Waals surface area (Å²) in [5, 5.41) is 1.57. The Hall–Kier alpha value is -0.810. The molecule has 0 atom stereocenters. The molecule has 0 aromatic heterocycles. The molecule has 0 unspecified atom stereocenters. The van der Waals surface area contributed by atoms with Crippen molar-refractivity contribution in [3.05, 3.63) is 0 Å². The monoisotopic (exact) mass is 129 g/mol. The number of hydrazine groups is 2. The molecule has 1 heterocycles. The second-order valence-corrected chi connectivity index (χ2v) is 1.77. The lowest BCUT2D eigenvalue weighted by Crippen LogP contribution is -2.47. The molecule has 4 N–H and O–H groups in total. The molecule has 5 nitrogen and oxygen atoms in total. The van der Waals surface area contributed by atoms with Crippen molar-refractivity contribution in [1.82, 2.24) is 15.9 Å². The van der Waals surface area contributed by atoms with Crippen LogP contribution < -0.4 is 16.7 Å². The van der Waals surface area contributed by atoms with Crippen molar-refractivity contribution >= 4 is 5.96 Å². The minimum absolute atomic E-state index is 0.706. The Kier molecular flexibility index (Phi) is 1.86. The smallest absolute Gasteiger partial charge is 0.223 e. The lowest BCUT2D eigenvalue weighted by atomic mass is 10.7. The van der Waals surface area contributed by atoms with Gasteiger partial charge in [0.15, 0.2) is 0 Å². The average molecular weight is 129 g/mol. The molecule has 0 bridgehead atoms. The van der Waals surface area contributed by atoms with E-state index < -0.39 is 0 Å². The zero-order valence-electron chi connectivity index (χ0n) is 5.39. The number of hydrogen-bond acceptors (Lipinski definition) is 5. The van der Waals surface area contributed by atoms with Crippen molar-refractivity contribution in [3.63, 3.8) is 0 Å². The van der Waals surface area contributed by atoms with Gasteiger partial charge in [-0.15, -0.1) is 0 Å². The Balaban J connectivity index is 2.38. The van der Waals surface area contributed by atoms with Crippen LogP contribution in [0, 0.1) is 0 Å². The Morgan fingerprint density at radius 2 is 2.56 bits per heavy atom. The molecule has 0 radical (unpaired) electrons. The first kappa shape index (κ1) is 6.31. The fourth-order valence-electron chi connectivity index (χ4n) is 0.683. The van der Waals surface area contributed by atoms with Gasteiger partial charge in [-0.05, 0) is 0 Å². The molecule has 0 fully saturated rings. The Bertz CT molecular complexity index is 120. The van der Waals surface area contributed by atoms with Crippen LogP contribution in [0.1, 0.15) is 0 Å². The van der Waals surface area contributed by atoms with Crippen LogP contribution in [0.3, 0.4) is 0 Å². The minimum atomic E-state index is 0.706. The summed E-state index contributed by atoms with van der Waals surface area (Å²) in [6.45, 7) is 1.57. The fourth-order valence-corrected chi connectivity index (χ4v) is 0.683. The van der Waals surface area contributed by atoms with E-state index in [2.05, 4.69) is 15.8 Å². The number of hydrogen-bond donors (Lipinski definition) is 3. The van der Waals surface area contributed by atoms with Gasteiger partial charge in [0.1, 0.15) is 0 Å². The Morgan fingerprint density at radius 3 is 3.00 bits per heavy atom. The molecule has 5 heteroatoms. The summed E-state index contributed by atoms with van der Waals surface area (Å²) in [6, 6.07) is 0. The summed E-state index contributed by atoms with van der Waals surface area (Å²) in [5.74, 6) is 6.17. The lowest BCUT2D eigenvalue weighted by Gasteiger charge is -2.12. The SMILES string of the molecule is CNNC1=NCCN1N. The average Bonchev–Trinajstić information content (AvgIpc) is 2.18. The van der Waals surface area contributed by atoms with Crippen LogP contribution in [0.25, 0.3) is 0 Å². The molecule has 0 aliphatic carbocycles. The van der Waals surface area contributed by atoms with Crippen LogP contribution in [-0.4, -0.2) is 31.1 Å². The summed E-state index contributed by atoms with van der Waals surface area (Å²) >= 11 is 0. The molecular formula is C4H11N5. The van der Waals surface area contributed by atoms with Crippen molar-refractivity contribution < 1.29 is 0 Å². The Labute approximate surface area is 53.9 Å². The first-order valence-electron chi connectivity index (χ1n) is 2.84. The summed E-state index contributed by atoms with van der Waals surface area (Å²) in [4.78, 5) is 4.05. The fraction of sp³-hybridized carbons (Fsp3) is 0.750. The number of guanidine groups is 1. The number of nitrogens with zero attached hydrogens (tertiary/aromatic N) is 2. The third-order valence-electron chi connectivity index (χ3n) is 1.11. The molecule has 0 amide bonds. The highest BCUT2D eigenvalue weighted by molar-refractivity contribution is 5.80. The van der Waals surface area contributed by atoms with Gasteiger partial charge < -0.3 is 0 Å². The molecule has 0 spiro atoms. The van der Waals surface area contributed by atoms with Crippen molar-refractivity contribution in [2.75, 3.05) is 20.1 Å². The van der Waals surface area contributed by atoms with E-state index in [4.69, 9.17) is 5.84 Å². The van der Waals surface area contributed by atoms with Crippen LogP contribution in [0.15, 0.2) is 4.99 Å². The second-order valence-electron chi connectivity index (χ2n) is 1.77. The molecule has 9 heavy (non-hydrogen) atoms. The third-order valence-corrected chi connectivity index (χ3v) is 1.11. The molecule has 0 saturated heterocycles. The molecule has 0 saturated carbocycles. The highest BCUT2D eigenvalue weighted by Crippen LogP contribution is 1.89. The van der Waals surface area contributed by atoms with E-state index in [0.717, 1.165) is 13.1 Å². The van der Waals surface area contributed by atoms with Gasteiger partial charge in [-0.2, -0.15) is 0 Å². The van der Waals surface area contributed by atoms with E-state index in [1.165, 1.54) is 0 Å². The van der Waals surface area contributed by atoms with Crippen molar-refractivity contribution in [1.29, 1.82) is 0 Å². The van der Waals surface area contributed by atoms with E-state index >= 15 is 0 Å². The topological polar surface area (TPSA) is 65.7 Å². The van der Waals surface area contributed by atoms with E-state index in [0.29, 0.717) is 5.96 Å². The summed E-state index contributed by atoms with van der Waals surface area (Å²) in [7, 11) is 1.77. The van der Waals surface area contributed by atoms with Crippen LogP contribution in [0.5, 0.6) is 0 Å². The maximum absolute atomic E-state index is 5.47. The highest BCUT2D eigenvalue weighted by Gasteiger charge is 2.10. The largest absolute Gasteiger partial charge is 0.291 e. The van der Waals surface area contributed by atoms with E-state index in [1.54, 1.807) is 12.1 Å². The maximum atomic E-state index is 5.47. The predicted octanol–water partition coefficient (Wildman–Crippen LogP) is -1.74. The van der Waals surface area contributed by atoms with Gasteiger partial charge in [-0.3, -0.25) is 10.4 Å². The molecule has 1 aliphatic rings. The molecule has 1 rings (SSSR count). The van der Waals surface area contributed by atoms with E-state index in [-0.39, 0.29) is 0 Å². The number of nitrogens with one attached hydrogen (secondary N) is 2. The zero-order valence-corrected chi connectivity index (χ0v) is 5.39. The zero-order chi connectivity index (χ0) is 6.69. The van der Waals surface area contributed by atoms with E-state index in [1.807, 2.05) is 0 Å². The second kappa shape index (κ2) is 2.65. The van der Waals surface area contributed by atoms with Gasteiger partial charge in [0, 0.05) is 7.05 Å². The summed E-state index contributed by atoms with van der Waals surface area (Å²) in [6.07, 6.45) is 0. The summed E-state index contributed by atoms with van der Waals surface area (Å²) < 4.78 is 0. The predicted molar refractivity (Wildman–Crippen MR) is 35.4 cm³/mol. The van der Waals surface area contributed by atoms with Gasteiger partial charge in [0.25, 0.3) is 0 Å². The summed E-state index contributed by atoms with van der Waals surface area (Å²) in [5.41, 5.74) is 5.53. The van der Waals surface area contributed by atoms with Gasteiger partial charge in [0.05, 0.1) is 13.1 Å². The third kappa shape index (κ3) is 1.30. The quantitative estimate of drug-likeness (QED) is 0.290. The molecular weight excluding hydrogens is 118 g/mol. The van der Waals surface area contributed by atoms with Crippen molar-refractivity contribution in [2.24, 2.45) is 10.8 Å². The molecule has 0 aromatic rings. The minimum Gasteiger partial charge on any atom is -0.291 e. The normalized spacial score (nSPS) is 18.0. The van der Waals surface area contributed by atoms with Gasteiger partial charge in [0.2, 0.25) is 5.96 Å². The van der Waals surface area contributed by atoms with Crippen molar-refractivity contribution in [3.8, 4) is 0 Å². The number of aliphatic imine (C=N–C) groups is 1. The number of nitrogens with two attached hydrogens (primary N) is 1. The van der Waals surface area contributed by atoms with Crippen LogP contribution >= 0.6 is 0 Å². The standard InChI is InChI=1S/C4H11N5/c1-6-8-4-7-2-3-9(4)5/h6H,2-3,5H2,1H3,(H,7,8). The van der Waals surface area contributed by atoms with Gasteiger partial charge in [-0.1, -0.05) is 0 Å². The van der Waals surface area contributed by atoms with E-state index in [9.17, 15) is 0 Å². The highest BCUT2D eigenvalue weighted by atomic mass is 15.6. The Morgan fingerprint density at radius 1 is 1.78 bits per heavy atom. The van der Waals surface area contributed by atoms with Crippen LogP contribution in [0.2, 0.25) is 0 Å². The van der Waals surface area contributed by atoms with Gasteiger partial charge in [-0.25, -0.2) is 16.3 Å². The van der Waals surface area contributed by atoms with Gasteiger partial charge >= 0.3 is 0 Å².